The highest BCUT2D eigenvalue weighted by Crippen LogP contribution is 2.34. The van der Waals surface area contributed by atoms with Gasteiger partial charge in [0.15, 0.2) is 0 Å². The van der Waals surface area contributed by atoms with Gasteiger partial charge in [0.05, 0.1) is 0 Å². The number of rotatable bonds is 2. The molecule has 1 aliphatic heterocycles. The number of hydrogen-bond acceptors (Lipinski definition) is 1. The first kappa shape index (κ1) is 12.9. The van der Waals surface area contributed by atoms with Crippen molar-refractivity contribution in [1.82, 2.24) is 0 Å². The quantitative estimate of drug-likeness (QED) is 0.725. The van der Waals surface area contributed by atoms with Crippen LogP contribution in [0.15, 0.2) is 35.4 Å². The van der Waals surface area contributed by atoms with Crippen LogP contribution in [0.1, 0.15) is 39.7 Å². The maximum atomic E-state index is 11.9. The Balaban J connectivity index is 2.30. The van der Waals surface area contributed by atoms with Crippen LogP contribution in [-0.2, 0) is 11.2 Å². The molecule has 0 saturated heterocycles. The molecule has 2 nitrogen and oxygen atoms in total. The van der Waals surface area contributed by atoms with Crippen LogP contribution in [0.4, 0.5) is 5.69 Å². The van der Waals surface area contributed by atoms with E-state index in [9.17, 15) is 4.79 Å². The maximum absolute atomic E-state index is 11.9. The minimum Gasteiger partial charge on any atom is -0.309 e. The molecule has 1 heterocycles. The van der Waals surface area contributed by atoms with Crippen molar-refractivity contribution in [3.8, 4) is 0 Å². The predicted molar refractivity (Wildman–Crippen MR) is 75.8 cm³/mol. The summed E-state index contributed by atoms with van der Waals surface area (Å²) < 4.78 is 0. The largest absolute Gasteiger partial charge is 0.309 e. The first-order chi connectivity index (χ1) is 8.50. The predicted octanol–water partition coefficient (Wildman–Crippen LogP) is 3.71. The highest BCUT2D eigenvalue weighted by molar-refractivity contribution is 5.94. The molecule has 0 fully saturated rings. The minimum absolute atomic E-state index is 0.145. The van der Waals surface area contributed by atoms with Crippen LogP contribution in [-0.4, -0.2) is 11.9 Å². The Bertz CT molecular complexity index is 498. The van der Waals surface area contributed by atoms with Crippen LogP contribution >= 0.6 is 0 Å². The zero-order valence-electron chi connectivity index (χ0n) is 11.7. The number of carbonyl (C=O) groups excluding carboxylic acids is 1. The fourth-order valence-electron chi connectivity index (χ4n) is 2.61. The second-order valence-electron chi connectivity index (χ2n) is 5.36. The molecule has 0 saturated carbocycles. The molecule has 1 aromatic rings. The number of para-hydroxylation sites is 1. The third-order valence-corrected chi connectivity index (χ3v) is 3.81. The molecule has 1 unspecified atom stereocenters. The van der Waals surface area contributed by atoms with Crippen LogP contribution in [0.25, 0.3) is 0 Å². The third kappa shape index (κ3) is 2.33. The van der Waals surface area contributed by atoms with Gasteiger partial charge in [-0.2, -0.15) is 0 Å². The van der Waals surface area contributed by atoms with E-state index in [0.29, 0.717) is 0 Å². The molecule has 0 spiro atoms. The van der Waals surface area contributed by atoms with Crippen LogP contribution in [0.2, 0.25) is 0 Å². The molecule has 1 aromatic carbocycles. The highest BCUT2D eigenvalue weighted by atomic mass is 16.2. The molecule has 0 N–H and O–H groups in total. The normalized spacial score (nSPS) is 17.6. The van der Waals surface area contributed by atoms with Gasteiger partial charge in [0.25, 0.3) is 0 Å². The molecule has 2 heteroatoms. The first-order valence-electron chi connectivity index (χ1n) is 6.51. The summed E-state index contributed by atoms with van der Waals surface area (Å²) in [6.07, 6.45) is 1.94. The standard InChI is InChI=1S/C16H21NO/c1-11(2)12(3)9-15-10-14-7-5-6-8-16(14)17(15)13(4)18/h5-8,15H,9-10H2,1-4H3. The molecule has 2 rings (SSSR count). The van der Waals surface area contributed by atoms with Crippen molar-refractivity contribution in [2.45, 2.75) is 46.6 Å². The van der Waals surface area contributed by atoms with Crippen molar-refractivity contribution < 1.29 is 4.79 Å². The van der Waals surface area contributed by atoms with Gasteiger partial charge in [0.2, 0.25) is 5.91 Å². The molecule has 1 atom stereocenters. The van der Waals surface area contributed by atoms with Gasteiger partial charge >= 0.3 is 0 Å². The fraction of sp³-hybridized carbons (Fsp3) is 0.438. The monoisotopic (exact) mass is 243 g/mol. The summed E-state index contributed by atoms with van der Waals surface area (Å²) in [5.41, 5.74) is 5.13. The smallest absolute Gasteiger partial charge is 0.224 e. The van der Waals surface area contributed by atoms with Crippen LogP contribution in [0.5, 0.6) is 0 Å². The van der Waals surface area contributed by atoms with E-state index in [4.69, 9.17) is 0 Å². The molecular weight excluding hydrogens is 222 g/mol. The van der Waals surface area contributed by atoms with Crippen molar-refractivity contribution in [2.75, 3.05) is 4.90 Å². The number of nitrogens with zero attached hydrogens (tertiary/aromatic N) is 1. The third-order valence-electron chi connectivity index (χ3n) is 3.81. The van der Waals surface area contributed by atoms with Gasteiger partial charge in [-0.15, -0.1) is 0 Å². The number of anilines is 1. The lowest BCUT2D eigenvalue weighted by Crippen LogP contribution is -2.36. The van der Waals surface area contributed by atoms with Gasteiger partial charge in [-0.1, -0.05) is 29.3 Å². The van der Waals surface area contributed by atoms with Crippen molar-refractivity contribution in [2.24, 2.45) is 0 Å². The van der Waals surface area contributed by atoms with Gasteiger partial charge in [0, 0.05) is 18.7 Å². The molecule has 96 valence electrons. The second-order valence-corrected chi connectivity index (χ2v) is 5.36. The molecule has 0 aromatic heterocycles. The summed E-state index contributed by atoms with van der Waals surface area (Å²) in [4.78, 5) is 13.8. The van der Waals surface area contributed by atoms with E-state index in [0.717, 1.165) is 18.5 Å². The van der Waals surface area contributed by atoms with Crippen molar-refractivity contribution in [3.05, 3.63) is 41.0 Å². The Morgan fingerprint density at radius 3 is 2.50 bits per heavy atom. The molecule has 0 radical (unpaired) electrons. The summed E-state index contributed by atoms with van der Waals surface area (Å²) in [5, 5.41) is 0. The van der Waals surface area contributed by atoms with Crippen LogP contribution in [0.3, 0.4) is 0 Å². The van der Waals surface area contributed by atoms with Crippen LogP contribution < -0.4 is 4.90 Å². The maximum Gasteiger partial charge on any atom is 0.224 e. The Kier molecular flexibility index (Phi) is 3.55. The van der Waals surface area contributed by atoms with Gasteiger partial charge in [-0.05, 0) is 45.2 Å². The summed E-state index contributed by atoms with van der Waals surface area (Å²) in [7, 11) is 0. The van der Waals surface area contributed by atoms with Gasteiger partial charge in [0.1, 0.15) is 0 Å². The van der Waals surface area contributed by atoms with Crippen molar-refractivity contribution >= 4 is 11.6 Å². The summed E-state index contributed by atoms with van der Waals surface area (Å²) in [5.74, 6) is 0.145. The Labute approximate surface area is 109 Å². The number of fused-ring (bicyclic) bond motifs is 1. The Morgan fingerprint density at radius 2 is 1.89 bits per heavy atom. The first-order valence-corrected chi connectivity index (χ1v) is 6.51. The number of hydrogen-bond donors (Lipinski definition) is 0. The van der Waals surface area contributed by atoms with Gasteiger partial charge in [-0.25, -0.2) is 0 Å². The van der Waals surface area contributed by atoms with Gasteiger partial charge < -0.3 is 4.90 Å². The molecule has 18 heavy (non-hydrogen) atoms. The molecular formula is C16H21NO. The lowest BCUT2D eigenvalue weighted by molar-refractivity contribution is -0.116. The molecule has 1 aliphatic rings. The topological polar surface area (TPSA) is 20.3 Å². The highest BCUT2D eigenvalue weighted by Gasteiger charge is 2.31. The van der Waals surface area contributed by atoms with Crippen molar-refractivity contribution in [1.29, 1.82) is 0 Å². The lowest BCUT2D eigenvalue weighted by atomic mass is 10.0. The van der Waals surface area contributed by atoms with E-state index in [1.54, 1.807) is 6.92 Å². The van der Waals surface area contributed by atoms with E-state index in [-0.39, 0.29) is 11.9 Å². The van der Waals surface area contributed by atoms with E-state index < -0.39 is 0 Å². The Morgan fingerprint density at radius 1 is 1.22 bits per heavy atom. The van der Waals surface area contributed by atoms with Crippen LogP contribution in [0, 0.1) is 0 Å². The van der Waals surface area contributed by atoms with E-state index in [2.05, 4.69) is 32.9 Å². The minimum atomic E-state index is 0.145. The molecule has 1 amide bonds. The second kappa shape index (κ2) is 4.97. The summed E-state index contributed by atoms with van der Waals surface area (Å²) in [6.45, 7) is 8.09. The zero-order valence-corrected chi connectivity index (χ0v) is 11.7. The summed E-state index contributed by atoms with van der Waals surface area (Å²) >= 11 is 0. The van der Waals surface area contributed by atoms with E-state index in [1.165, 1.54) is 16.7 Å². The summed E-state index contributed by atoms with van der Waals surface area (Å²) in [6, 6.07) is 8.52. The SMILES string of the molecule is CC(=O)N1c2ccccc2CC1CC(C)=C(C)C. The Hall–Kier alpha value is -1.57. The average molecular weight is 243 g/mol. The number of allylic oxidation sites excluding steroid dienone is 1. The number of benzene rings is 1. The van der Waals surface area contributed by atoms with E-state index in [1.807, 2.05) is 17.0 Å². The van der Waals surface area contributed by atoms with Gasteiger partial charge in [-0.3, -0.25) is 4.79 Å². The molecule has 0 aliphatic carbocycles. The average Bonchev–Trinajstić information content (AvgIpc) is 2.66. The van der Waals surface area contributed by atoms with E-state index >= 15 is 0 Å². The van der Waals surface area contributed by atoms with Crippen molar-refractivity contribution in [3.63, 3.8) is 0 Å². The molecule has 0 bridgehead atoms. The number of amides is 1. The fourth-order valence-corrected chi connectivity index (χ4v) is 2.61. The zero-order chi connectivity index (χ0) is 13.3. The lowest BCUT2D eigenvalue weighted by Gasteiger charge is -2.25. The number of carbonyl (C=O) groups is 1.